The molecule has 1 unspecified atom stereocenters. The molecule has 1 atom stereocenters. The van der Waals surface area contributed by atoms with Gasteiger partial charge in [0.25, 0.3) is 5.91 Å². The van der Waals surface area contributed by atoms with Crippen LogP contribution >= 0.6 is 0 Å². The van der Waals surface area contributed by atoms with Crippen LogP contribution in [0.1, 0.15) is 30.1 Å². The van der Waals surface area contributed by atoms with Gasteiger partial charge in [0.05, 0.1) is 12.5 Å². The van der Waals surface area contributed by atoms with Crippen LogP contribution in [-0.2, 0) is 4.79 Å². The van der Waals surface area contributed by atoms with Crippen molar-refractivity contribution in [2.24, 2.45) is 5.92 Å². The number of likely N-dealkylation sites (tertiary alicyclic amines) is 1. The van der Waals surface area contributed by atoms with E-state index in [0.29, 0.717) is 42.8 Å². The smallest absolute Gasteiger partial charge is 0.308 e. The Hall–Kier alpha value is -2.63. The molecule has 1 aliphatic rings. The van der Waals surface area contributed by atoms with Gasteiger partial charge in [-0.25, -0.2) is 0 Å². The summed E-state index contributed by atoms with van der Waals surface area (Å²) >= 11 is 0. The Balaban J connectivity index is 1.95. The van der Waals surface area contributed by atoms with Gasteiger partial charge >= 0.3 is 5.97 Å². The topological polar surface area (TPSA) is 79.7 Å². The van der Waals surface area contributed by atoms with E-state index in [1.165, 1.54) is 0 Å². The Morgan fingerprint density at radius 3 is 2.96 bits per heavy atom. The number of ether oxygens (including phenoxy) is 1. The number of carbonyl (C=O) groups is 2. The molecule has 1 aromatic carbocycles. The van der Waals surface area contributed by atoms with E-state index in [4.69, 9.17) is 4.74 Å². The quantitative estimate of drug-likeness (QED) is 0.933. The van der Waals surface area contributed by atoms with Gasteiger partial charge < -0.3 is 14.7 Å². The summed E-state index contributed by atoms with van der Waals surface area (Å²) in [6, 6.07) is 7.12. The number of fused-ring (bicyclic) bond motifs is 1. The molecule has 6 heteroatoms. The van der Waals surface area contributed by atoms with Crippen LogP contribution in [0.15, 0.2) is 30.5 Å². The first-order chi connectivity index (χ1) is 11.6. The number of nitrogens with zero attached hydrogens (tertiary/aromatic N) is 2. The van der Waals surface area contributed by atoms with Crippen LogP contribution < -0.4 is 4.74 Å². The number of pyridine rings is 1. The third kappa shape index (κ3) is 3.04. The van der Waals surface area contributed by atoms with Crippen molar-refractivity contribution in [3.8, 4) is 5.75 Å². The molecule has 1 N–H and O–H groups in total. The summed E-state index contributed by atoms with van der Waals surface area (Å²) in [6.07, 6.45) is 2.99. The minimum atomic E-state index is -0.842. The minimum absolute atomic E-state index is 0.151. The minimum Gasteiger partial charge on any atom is -0.492 e. The fourth-order valence-electron chi connectivity index (χ4n) is 3.14. The van der Waals surface area contributed by atoms with Gasteiger partial charge in [-0.05, 0) is 38.0 Å². The number of aromatic nitrogens is 1. The average molecular weight is 328 g/mol. The number of benzene rings is 1. The van der Waals surface area contributed by atoms with Gasteiger partial charge in [-0.2, -0.15) is 0 Å². The maximum atomic E-state index is 12.9. The molecule has 1 aromatic heterocycles. The highest BCUT2D eigenvalue weighted by Gasteiger charge is 2.29. The monoisotopic (exact) mass is 328 g/mol. The zero-order valence-electron chi connectivity index (χ0n) is 13.6. The van der Waals surface area contributed by atoms with Crippen molar-refractivity contribution in [1.29, 1.82) is 0 Å². The van der Waals surface area contributed by atoms with Crippen molar-refractivity contribution >= 4 is 22.8 Å². The molecule has 0 spiro atoms. The highest BCUT2D eigenvalue weighted by atomic mass is 16.5. The summed E-state index contributed by atoms with van der Waals surface area (Å²) < 4.78 is 5.58. The van der Waals surface area contributed by atoms with Gasteiger partial charge in [-0.1, -0.05) is 6.07 Å². The zero-order chi connectivity index (χ0) is 17.1. The van der Waals surface area contributed by atoms with Crippen molar-refractivity contribution in [3.63, 3.8) is 0 Å². The second-order valence-electron chi connectivity index (χ2n) is 5.87. The number of rotatable bonds is 4. The predicted molar refractivity (Wildman–Crippen MR) is 89.2 cm³/mol. The Morgan fingerprint density at radius 1 is 1.38 bits per heavy atom. The third-order valence-electron chi connectivity index (χ3n) is 4.32. The molecule has 1 aliphatic heterocycles. The van der Waals surface area contributed by atoms with Crippen molar-refractivity contribution in [2.45, 2.75) is 19.8 Å². The highest BCUT2D eigenvalue weighted by molar-refractivity contribution is 6.07. The van der Waals surface area contributed by atoms with Crippen molar-refractivity contribution in [1.82, 2.24) is 9.88 Å². The number of aliphatic carboxylic acids is 1. The van der Waals surface area contributed by atoms with Crippen LogP contribution in [0.3, 0.4) is 0 Å². The molecule has 0 radical (unpaired) electrons. The summed E-state index contributed by atoms with van der Waals surface area (Å²) in [7, 11) is 0. The number of piperidine rings is 1. The van der Waals surface area contributed by atoms with Crippen molar-refractivity contribution in [3.05, 3.63) is 36.0 Å². The largest absolute Gasteiger partial charge is 0.492 e. The van der Waals surface area contributed by atoms with Gasteiger partial charge in [0, 0.05) is 30.2 Å². The van der Waals surface area contributed by atoms with Crippen molar-refractivity contribution in [2.75, 3.05) is 19.7 Å². The Bertz CT molecular complexity index is 775. The molecule has 1 amide bonds. The fraction of sp³-hybridized carbons (Fsp3) is 0.389. The van der Waals surface area contributed by atoms with E-state index >= 15 is 0 Å². The lowest BCUT2D eigenvalue weighted by Gasteiger charge is -2.31. The van der Waals surface area contributed by atoms with Gasteiger partial charge in [-0.3, -0.25) is 14.6 Å². The zero-order valence-corrected chi connectivity index (χ0v) is 13.6. The van der Waals surface area contributed by atoms with E-state index in [1.54, 1.807) is 29.3 Å². The predicted octanol–water partition coefficient (Wildman–Crippen LogP) is 2.57. The molecule has 2 heterocycles. The van der Waals surface area contributed by atoms with E-state index in [9.17, 15) is 14.7 Å². The number of amides is 1. The summed E-state index contributed by atoms with van der Waals surface area (Å²) in [5.41, 5.74) is 1.18. The molecule has 0 bridgehead atoms. The lowest BCUT2D eigenvalue weighted by molar-refractivity contribution is -0.143. The number of carbonyl (C=O) groups excluding carboxylic acids is 1. The summed E-state index contributed by atoms with van der Waals surface area (Å²) in [6.45, 7) is 3.25. The van der Waals surface area contributed by atoms with Gasteiger partial charge in [-0.15, -0.1) is 0 Å². The molecular formula is C18H20N2O4. The van der Waals surface area contributed by atoms with E-state index in [1.807, 2.05) is 13.0 Å². The van der Waals surface area contributed by atoms with Crippen LogP contribution in [0.4, 0.5) is 0 Å². The SMILES string of the molecule is CCOc1ccc(C(=O)N2CCCC(C(=O)O)C2)c2cccnc12. The second-order valence-corrected chi connectivity index (χ2v) is 5.87. The maximum Gasteiger partial charge on any atom is 0.308 e. The lowest BCUT2D eigenvalue weighted by Crippen LogP contribution is -2.42. The van der Waals surface area contributed by atoms with Gasteiger partial charge in [0.1, 0.15) is 11.3 Å². The molecule has 1 saturated heterocycles. The summed E-state index contributed by atoms with van der Waals surface area (Å²) in [4.78, 5) is 30.1. The van der Waals surface area contributed by atoms with E-state index in [0.717, 1.165) is 5.39 Å². The molecule has 1 fully saturated rings. The maximum absolute atomic E-state index is 12.9. The second kappa shape index (κ2) is 6.86. The lowest BCUT2D eigenvalue weighted by atomic mass is 9.97. The highest BCUT2D eigenvalue weighted by Crippen LogP contribution is 2.28. The molecule has 2 aromatic rings. The van der Waals surface area contributed by atoms with Crippen LogP contribution in [-0.4, -0.2) is 46.6 Å². The standard InChI is InChI=1S/C18H20N2O4/c1-2-24-15-8-7-14(13-6-3-9-19-16(13)15)17(21)20-10-4-5-12(11-20)18(22)23/h3,6-9,12H,2,4-5,10-11H2,1H3,(H,22,23). The Kier molecular flexibility index (Phi) is 4.64. The molecule has 6 nitrogen and oxygen atoms in total. The van der Waals surface area contributed by atoms with E-state index in [-0.39, 0.29) is 12.5 Å². The summed E-state index contributed by atoms with van der Waals surface area (Å²) in [5, 5.41) is 9.94. The van der Waals surface area contributed by atoms with Crippen LogP contribution in [0.5, 0.6) is 5.75 Å². The van der Waals surface area contributed by atoms with Crippen LogP contribution in [0.2, 0.25) is 0 Å². The summed E-state index contributed by atoms with van der Waals surface area (Å²) in [5.74, 6) is -0.839. The number of hydrogen-bond donors (Lipinski definition) is 1. The molecular weight excluding hydrogens is 308 g/mol. The Labute approximate surface area is 140 Å². The van der Waals surface area contributed by atoms with Crippen LogP contribution in [0.25, 0.3) is 10.9 Å². The van der Waals surface area contributed by atoms with Crippen molar-refractivity contribution < 1.29 is 19.4 Å². The van der Waals surface area contributed by atoms with Gasteiger partial charge in [0.15, 0.2) is 0 Å². The average Bonchev–Trinajstić information content (AvgIpc) is 2.62. The fourth-order valence-corrected chi connectivity index (χ4v) is 3.14. The van der Waals surface area contributed by atoms with E-state index < -0.39 is 11.9 Å². The molecule has 126 valence electrons. The first-order valence-electron chi connectivity index (χ1n) is 8.14. The normalized spacial score (nSPS) is 17.7. The van der Waals surface area contributed by atoms with Crippen LogP contribution in [0, 0.1) is 5.92 Å². The Morgan fingerprint density at radius 2 is 2.21 bits per heavy atom. The number of carboxylic acid groups (broad SMARTS) is 1. The first kappa shape index (κ1) is 16.2. The molecule has 24 heavy (non-hydrogen) atoms. The number of carboxylic acids is 1. The number of hydrogen-bond acceptors (Lipinski definition) is 4. The first-order valence-corrected chi connectivity index (χ1v) is 8.14. The molecule has 0 aliphatic carbocycles. The van der Waals surface area contributed by atoms with Gasteiger partial charge in [0.2, 0.25) is 0 Å². The van der Waals surface area contributed by atoms with E-state index in [2.05, 4.69) is 4.98 Å². The molecule has 0 saturated carbocycles. The molecule has 3 rings (SSSR count). The third-order valence-corrected chi connectivity index (χ3v) is 4.32.